The van der Waals surface area contributed by atoms with Crippen LogP contribution in [0.5, 0.6) is 0 Å². The number of halogens is 1. The highest BCUT2D eigenvalue weighted by Crippen LogP contribution is 2.20. The molecular weight excluding hydrogens is 282 g/mol. The van der Waals surface area contributed by atoms with Gasteiger partial charge in [0.1, 0.15) is 0 Å². The van der Waals surface area contributed by atoms with Crippen molar-refractivity contribution in [3.05, 3.63) is 22.9 Å². The Kier molecular flexibility index (Phi) is 4.49. The largest absolute Gasteiger partial charge is 0.299 e. The summed E-state index contributed by atoms with van der Waals surface area (Å²) in [5.74, 6) is 0. The average molecular weight is 294 g/mol. The Balaban J connectivity index is 2.74. The molecule has 0 bridgehead atoms. The Morgan fingerprint density at radius 2 is 2.27 bits per heavy atom. The number of nitrogens with zero attached hydrogens (tertiary/aromatic N) is 1. The summed E-state index contributed by atoms with van der Waals surface area (Å²) in [5.41, 5.74) is 0.466. The summed E-state index contributed by atoms with van der Waals surface area (Å²) in [7, 11) is -3.48. The molecule has 1 aromatic rings. The maximum atomic E-state index is 11.4. The van der Waals surface area contributed by atoms with Gasteiger partial charge in [0, 0.05) is 18.9 Å². The monoisotopic (exact) mass is 293 g/mol. The van der Waals surface area contributed by atoms with Gasteiger partial charge >= 0.3 is 0 Å². The van der Waals surface area contributed by atoms with Crippen LogP contribution in [-0.4, -0.2) is 19.9 Å². The van der Waals surface area contributed by atoms with E-state index in [0.29, 0.717) is 16.7 Å². The maximum absolute atomic E-state index is 11.4. The molecule has 0 amide bonds. The van der Waals surface area contributed by atoms with Gasteiger partial charge in [0.2, 0.25) is 0 Å². The van der Waals surface area contributed by atoms with Gasteiger partial charge in [-0.05, 0) is 28.4 Å². The zero-order chi connectivity index (χ0) is 11.3. The van der Waals surface area contributed by atoms with E-state index in [0.717, 1.165) is 6.42 Å². The van der Waals surface area contributed by atoms with Gasteiger partial charge in [0.25, 0.3) is 10.2 Å². The van der Waals surface area contributed by atoms with Gasteiger partial charge in [-0.1, -0.05) is 6.92 Å². The van der Waals surface area contributed by atoms with E-state index in [2.05, 4.69) is 30.4 Å². The fourth-order valence-corrected chi connectivity index (χ4v) is 2.37. The number of nitrogens with one attached hydrogen (secondary N) is 2. The summed E-state index contributed by atoms with van der Waals surface area (Å²) in [4.78, 5) is 3.83. The van der Waals surface area contributed by atoms with E-state index in [-0.39, 0.29) is 0 Å². The van der Waals surface area contributed by atoms with Crippen molar-refractivity contribution < 1.29 is 8.42 Å². The van der Waals surface area contributed by atoms with Crippen LogP contribution < -0.4 is 9.44 Å². The fraction of sp³-hybridized carbons (Fsp3) is 0.375. The van der Waals surface area contributed by atoms with Crippen molar-refractivity contribution >= 4 is 31.8 Å². The lowest BCUT2D eigenvalue weighted by Gasteiger charge is -2.09. The van der Waals surface area contributed by atoms with Gasteiger partial charge in [0.05, 0.1) is 10.2 Å². The molecule has 5 nitrogen and oxygen atoms in total. The van der Waals surface area contributed by atoms with Crippen LogP contribution in [0.15, 0.2) is 22.9 Å². The predicted molar refractivity (Wildman–Crippen MR) is 62.8 cm³/mol. The lowest BCUT2D eigenvalue weighted by Crippen LogP contribution is -2.30. The van der Waals surface area contributed by atoms with Crippen molar-refractivity contribution in [2.45, 2.75) is 13.3 Å². The Bertz CT molecular complexity index is 422. The number of anilines is 1. The summed E-state index contributed by atoms with van der Waals surface area (Å²) >= 11 is 3.20. The van der Waals surface area contributed by atoms with E-state index in [1.54, 1.807) is 6.07 Å². The number of hydrogen-bond acceptors (Lipinski definition) is 3. The van der Waals surface area contributed by atoms with Crippen LogP contribution in [0.25, 0.3) is 0 Å². The molecule has 0 fully saturated rings. The van der Waals surface area contributed by atoms with Crippen molar-refractivity contribution in [3.8, 4) is 0 Å². The third-order valence-electron chi connectivity index (χ3n) is 1.56. The minimum Gasteiger partial charge on any atom is -0.270 e. The van der Waals surface area contributed by atoms with E-state index < -0.39 is 10.2 Å². The Hall–Kier alpha value is -0.660. The van der Waals surface area contributed by atoms with Gasteiger partial charge in [-0.3, -0.25) is 9.71 Å². The molecule has 1 heterocycles. The molecule has 0 aromatic carbocycles. The number of aromatic nitrogens is 1. The predicted octanol–water partition coefficient (Wildman–Crippen LogP) is 1.50. The molecule has 2 N–H and O–H groups in total. The van der Waals surface area contributed by atoms with Gasteiger partial charge in [-0.25, -0.2) is 0 Å². The van der Waals surface area contributed by atoms with Crippen molar-refractivity contribution in [1.82, 2.24) is 9.71 Å². The summed E-state index contributed by atoms with van der Waals surface area (Å²) < 4.78 is 28.3. The number of rotatable bonds is 5. The summed E-state index contributed by atoms with van der Waals surface area (Å²) in [6.45, 7) is 2.31. The third kappa shape index (κ3) is 4.15. The van der Waals surface area contributed by atoms with E-state index in [9.17, 15) is 8.42 Å². The lowest BCUT2D eigenvalue weighted by molar-refractivity contribution is 0.586. The van der Waals surface area contributed by atoms with Crippen molar-refractivity contribution in [2.75, 3.05) is 11.3 Å². The molecule has 0 unspecified atom stereocenters. The molecule has 0 aliphatic rings. The SMILES string of the molecule is CCCNS(=O)(=O)Nc1ccncc1Br. The maximum Gasteiger partial charge on any atom is 0.299 e. The average Bonchev–Trinajstić information content (AvgIpc) is 2.18. The zero-order valence-electron chi connectivity index (χ0n) is 8.20. The Labute approximate surface area is 97.6 Å². The second kappa shape index (κ2) is 5.43. The molecule has 0 saturated heterocycles. The highest BCUT2D eigenvalue weighted by Gasteiger charge is 2.10. The van der Waals surface area contributed by atoms with Crippen LogP contribution in [-0.2, 0) is 10.2 Å². The van der Waals surface area contributed by atoms with Crippen LogP contribution in [0, 0.1) is 0 Å². The quantitative estimate of drug-likeness (QED) is 0.864. The molecule has 84 valence electrons. The first kappa shape index (κ1) is 12.4. The smallest absolute Gasteiger partial charge is 0.270 e. The lowest BCUT2D eigenvalue weighted by atomic mass is 10.4. The van der Waals surface area contributed by atoms with Crippen LogP contribution in [0.2, 0.25) is 0 Å². The second-order valence-corrected chi connectivity index (χ2v) is 5.21. The Morgan fingerprint density at radius 3 is 2.87 bits per heavy atom. The standard InChI is InChI=1S/C8H12BrN3O2S/c1-2-4-11-15(13,14)12-8-3-5-10-6-7(8)9/h3,5-6,11H,2,4H2,1H3,(H,10,12). The van der Waals surface area contributed by atoms with E-state index in [1.807, 2.05) is 6.92 Å². The highest BCUT2D eigenvalue weighted by molar-refractivity contribution is 9.10. The first-order valence-electron chi connectivity index (χ1n) is 4.42. The van der Waals surface area contributed by atoms with Crippen LogP contribution >= 0.6 is 15.9 Å². The molecule has 0 radical (unpaired) electrons. The molecule has 1 aromatic heterocycles. The minimum atomic E-state index is -3.48. The molecule has 0 aliphatic carbocycles. The van der Waals surface area contributed by atoms with Crippen LogP contribution in [0.3, 0.4) is 0 Å². The molecular formula is C8H12BrN3O2S. The van der Waals surface area contributed by atoms with Gasteiger partial charge < -0.3 is 0 Å². The number of hydrogen-bond donors (Lipinski definition) is 2. The topological polar surface area (TPSA) is 71.1 Å². The minimum absolute atomic E-state index is 0.415. The van der Waals surface area contributed by atoms with Crippen molar-refractivity contribution in [1.29, 1.82) is 0 Å². The first-order chi connectivity index (χ1) is 7.05. The molecule has 0 spiro atoms. The molecule has 7 heteroatoms. The second-order valence-electron chi connectivity index (χ2n) is 2.86. The summed E-state index contributed by atoms with van der Waals surface area (Å²) in [5, 5.41) is 0. The zero-order valence-corrected chi connectivity index (χ0v) is 10.6. The van der Waals surface area contributed by atoms with E-state index >= 15 is 0 Å². The molecule has 1 rings (SSSR count). The normalized spacial score (nSPS) is 11.3. The fourth-order valence-electron chi connectivity index (χ4n) is 0.875. The van der Waals surface area contributed by atoms with Crippen LogP contribution in [0.4, 0.5) is 5.69 Å². The van der Waals surface area contributed by atoms with E-state index in [1.165, 1.54) is 12.4 Å². The van der Waals surface area contributed by atoms with Crippen LogP contribution in [0.1, 0.15) is 13.3 Å². The van der Waals surface area contributed by atoms with Gasteiger partial charge in [-0.15, -0.1) is 0 Å². The Morgan fingerprint density at radius 1 is 1.53 bits per heavy atom. The van der Waals surface area contributed by atoms with Crippen molar-refractivity contribution in [2.24, 2.45) is 0 Å². The molecule has 0 aliphatic heterocycles. The van der Waals surface area contributed by atoms with E-state index in [4.69, 9.17) is 0 Å². The third-order valence-corrected chi connectivity index (χ3v) is 3.26. The molecule has 15 heavy (non-hydrogen) atoms. The first-order valence-corrected chi connectivity index (χ1v) is 6.69. The molecule has 0 atom stereocenters. The van der Waals surface area contributed by atoms with Gasteiger partial charge in [0.15, 0.2) is 0 Å². The summed E-state index contributed by atoms with van der Waals surface area (Å²) in [6.07, 6.45) is 3.79. The van der Waals surface area contributed by atoms with Gasteiger partial charge in [-0.2, -0.15) is 13.1 Å². The van der Waals surface area contributed by atoms with Crippen molar-refractivity contribution in [3.63, 3.8) is 0 Å². The number of pyridine rings is 1. The summed E-state index contributed by atoms with van der Waals surface area (Å²) in [6, 6.07) is 1.58. The molecule has 0 saturated carbocycles. The highest BCUT2D eigenvalue weighted by atomic mass is 79.9.